The van der Waals surface area contributed by atoms with E-state index in [-0.39, 0.29) is 5.91 Å². The maximum Gasteiger partial charge on any atom is 0.267 e. The van der Waals surface area contributed by atoms with Crippen LogP contribution in [0.2, 0.25) is 10.0 Å². The van der Waals surface area contributed by atoms with E-state index >= 15 is 0 Å². The zero-order chi connectivity index (χ0) is 15.9. The molecule has 0 fully saturated rings. The summed E-state index contributed by atoms with van der Waals surface area (Å²) in [7, 11) is 1.72. The summed E-state index contributed by atoms with van der Waals surface area (Å²) in [6.45, 7) is 1.71. The van der Waals surface area contributed by atoms with Gasteiger partial charge in [0.1, 0.15) is 17.2 Å². The molecule has 0 aromatic heterocycles. The second kappa shape index (κ2) is 5.71. The highest BCUT2D eigenvalue weighted by molar-refractivity contribution is 6.34. The largest absolute Gasteiger partial charge is 0.479 e. The molecule has 0 saturated heterocycles. The van der Waals surface area contributed by atoms with E-state index in [9.17, 15) is 4.79 Å². The van der Waals surface area contributed by atoms with Gasteiger partial charge in [-0.1, -0.05) is 23.2 Å². The van der Waals surface area contributed by atoms with Crippen LogP contribution in [0.25, 0.3) is 0 Å². The quantitative estimate of drug-likeness (QED) is 0.808. The molecule has 1 aliphatic rings. The second-order valence-corrected chi connectivity index (χ2v) is 5.87. The molecule has 0 radical (unpaired) electrons. The normalized spacial score (nSPS) is 17.0. The Morgan fingerprint density at radius 2 is 1.77 bits per heavy atom. The average Bonchev–Trinajstić information content (AvgIpc) is 2.43. The Morgan fingerprint density at radius 1 is 1.09 bits per heavy atom. The topological polar surface area (TPSA) is 38.8 Å². The molecule has 1 unspecified atom stereocenters. The lowest BCUT2D eigenvalue weighted by molar-refractivity contribution is -0.125. The summed E-state index contributed by atoms with van der Waals surface area (Å²) in [4.78, 5) is 13.5. The van der Waals surface area contributed by atoms with Crippen molar-refractivity contribution in [1.29, 1.82) is 0 Å². The van der Waals surface area contributed by atoms with Crippen LogP contribution in [0.15, 0.2) is 36.4 Å². The summed E-state index contributed by atoms with van der Waals surface area (Å²) >= 11 is 11.9. The number of likely N-dealkylation sites (N-methyl/N-ethyl adjacent to an activating group) is 1. The van der Waals surface area contributed by atoms with Crippen molar-refractivity contribution in [3.05, 3.63) is 46.4 Å². The fourth-order valence-electron chi connectivity index (χ4n) is 2.29. The first-order valence-corrected chi connectivity index (χ1v) is 7.42. The molecule has 2 aromatic carbocycles. The number of fused-ring (bicyclic) bond motifs is 1. The van der Waals surface area contributed by atoms with Gasteiger partial charge in [-0.05, 0) is 37.3 Å². The number of amides is 1. The Morgan fingerprint density at radius 3 is 2.45 bits per heavy atom. The minimum atomic E-state index is -0.520. The fourth-order valence-corrected chi connectivity index (χ4v) is 2.79. The minimum absolute atomic E-state index is 0.0807. The number of anilines is 1. The van der Waals surface area contributed by atoms with Gasteiger partial charge in [-0.2, -0.15) is 0 Å². The summed E-state index contributed by atoms with van der Waals surface area (Å²) < 4.78 is 11.4. The summed E-state index contributed by atoms with van der Waals surface area (Å²) in [6, 6.07) is 10.3. The Bertz CT molecular complexity index is 728. The zero-order valence-electron chi connectivity index (χ0n) is 12.0. The van der Waals surface area contributed by atoms with Gasteiger partial charge in [-0.3, -0.25) is 4.79 Å². The molecule has 4 nitrogen and oxygen atoms in total. The smallest absolute Gasteiger partial charge is 0.267 e. The van der Waals surface area contributed by atoms with Gasteiger partial charge in [0.2, 0.25) is 0 Å². The predicted molar refractivity (Wildman–Crippen MR) is 86.5 cm³/mol. The van der Waals surface area contributed by atoms with Crippen LogP contribution in [-0.2, 0) is 4.79 Å². The third-order valence-corrected chi connectivity index (χ3v) is 3.78. The van der Waals surface area contributed by atoms with Crippen LogP contribution in [-0.4, -0.2) is 19.1 Å². The number of nitrogens with zero attached hydrogens (tertiary/aromatic N) is 1. The Hall–Kier alpha value is -1.91. The van der Waals surface area contributed by atoms with E-state index in [1.165, 1.54) is 0 Å². The fraction of sp³-hybridized carbons (Fsp3) is 0.188. The molecule has 1 amide bonds. The second-order valence-electron chi connectivity index (χ2n) is 4.99. The molecule has 0 bridgehead atoms. The monoisotopic (exact) mass is 337 g/mol. The van der Waals surface area contributed by atoms with Crippen molar-refractivity contribution in [3.63, 3.8) is 0 Å². The first-order valence-electron chi connectivity index (χ1n) is 6.66. The van der Waals surface area contributed by atoms with Gasteiger partial charge >= 0.3 is 0 Å². The van der Waals surface area contributed by atoms with Crippen molar-refractivity contribution in [2.45, 2.75) is 13.0 Å². The Balaban J connectivity index is 1.91. The summed E-state index contributed by atoms with van der Waals surface area (Å²) in [5.41, 5.74) is 0.708. The van der Waals surface area contributed by atoms with Crippen molar-refractivity contribution in [3.8, 4) is 17.2 Å². The Labute approximate surface area is 138 Å². The number of ether oxygens (including phenoxy) is 2. The van der Waals surface area contributed by atoms with Crippen LogP contribution in [0, 0.1) is 0 Å². The lowest BCUT2D eigenvalue weighted by Gasteiger charge is -2.30. The lowest BCUT2D eigenvalue weighted by Crippen LogP contribution is -2.41. The average molecular weight is 338 g/mol. The van der Waals surface area contributed by atoms with E-state index in [1.807, 2.05) is 0 Å². The molecule has 0 saturated carbocycles. The van der Waals surface area contributed by atoms with Crippen molar-refractivity contribution < 1.29 is 14.3 Å². The predicted octanol–water partition coefficient (Wildman–Crippen LogP) is 4.53. The molecule has 22 heavy (non-hydrogen) atoms. The lowest BCUT2D eigenvalue weighted by atomic mass is 10.2. The van der Waals surface area contributed by atoms with Crippen LogP contribution < -0.4 is 14.4 Å². The highest BCUT2D eigenvalue weighted by atomic mass is 35.5. The minimum Gasteiger partial charge on any atom is -0.479 e. The van der Waals surface area contributed by atoms with E-state index in [4.69, 9.17) is 32.7 Å². The molecule has 1 atom stereocenters. The van der Waals surface area contributed by atoms with E-state index in [2.05, 4.69) is 0 Å². The highest BCUT2D eigenvalue weighted by Gasteiger charge is 2.29. The van der Waals surface area contributed by atoms with E-state index in [0.29, 0.717) is 33.0 Å². The van der Waals surface area contributed by atoms with Gasteiger partial charge in [-0.25, -0.2) is 0 Å². The van der Waals surface area contributed by atoms with Crippen molar-refractivity contribution >= 4 is 34.8 Å². The molecule has 0 N–H and O–H groups in total. The molecule has 0 spiro atoms. The van der Waals surface area contributed by atoms with Crippen LogP contribution >= 0.6 is 23.2 Å². The van der Waals surface area contributed by atoms with Gasteiger partial charge < -0.3 is 14.4 Å². The van der Waals surface area contributed by atoms with Crippen LogP contribution in [0.1, 0.15) is 6.92 Å². The molecule has 2 aromatic rings. The van der Waals surface area contributed by atoms with Gasteiger partial charge in [0.25, 0.3) is 5.91 Å². The van der Waals surface area contributed by atoms with E-state index < -0.39 is 6.10 Å². The number of hydrogen-bond acceptors (Lipinski definition) is 3. The number of rotatable bonds is 2. The molecule has 3 rings (SSSR count). The van der Waals surface area contributed by atoms with Crippen LogP contribution in [0.5, 0.6) is 17.2 Å². The SMILES string of the molecule is CC1Oc2cc(Oc3cc(Cl)cc(Cl)c3)ccc2N(C)C1=O. The molecule has 1 heterocycles. The summed E-state index contributed by atoms with van der Waals surface area (Å²) in [6.07, 6.45) is -0.520. The van der Waals surface area contributed by atoms with E-state index in [1.54, 1.807) is 55.3 Å². The first kappa shape index (κ1) is 15.0. The highest BCUT2D eigenvalue weighted by Crippen LogP contribution is 2.38. The number of carbonyl (C=O) groups excluding carboxylic acids is 1. The number of carbonyl (C=O) groups is 1. The molecule has 6 heteroatoms. The Kier molecular flexibility index (Phi) is 3.89. The van der Waals surface area contributed by atoms with Gasteiger partial charge in [-0.15, -0.1) is 0 Å². The molecule has 114 valence electrons. The summed E-state index contributed by atoms with van der Waals surface area (Å²) in [5, 5.41) is 0.992. The van der Waals surface area contributed by atoms with Crippen molar-refractivity contribution in [2.24, 2.45) is 0 Å². The number of benzene rings is 2. The third-order valence-electron chi connectivity index (χ3n) is 3.35. The van der Waals surface area contributed by atoms with Crippen molar-refractivity contribution in [1.82, 2.24) is 0 Å². The number of halogens is 2. The molecule has 1 aliphatic heterocycles. The van der Waals surface area contributed by atoms with Crippen LogP contribution in [0.3, 0.4) is 0 Å². The van der Waals surface area contributed by atoms with Gasteiger partial charge in [0.05, 0.1) is 5.69 Å². The standard InChI is InChI=1S/C16H13Cl2NO3/c1-9-16(20)19(2)14-4-3-12(8-15(14)21-9)22-13-6-10(17)5-11(18)7-13/h3-9H,1-2H3. The molecular weight excluding hydrogens is 325 g/mol. The molecule has 0 aliphatic carbocycles. The maximum absolute atomic E-state index is 11.9. The summed E-state index contributed by atoms with van der Waals surface area (Å²) in [5.74, 6) is 1.63. The van der Waals surface area contributed by atoms with Crippen LogP contribution in [0.4, 0.5) is 5.69 Å². The van der Waals surface area contributed by atoms with Gasteiger partial charge in [0, 0.05) is 23.2 Å². The molecular formula is C16H13Cl2NO3. The van der Waals surface area contributed by atoms with E-state index in [0.717, 1.165) is 0 Å². The van der Waals surface area contributed by atoms with Gasteiger partial charge in [0.15, 0.2) is 6.10 Å². The van der Waals surface area contributed by atoms with Crippen molar-refractivity contribution in [2.75, 3.05) is 11.9 Å². The maximum atomic E-state index is 11.9. The number of hydrogen-bond donors (Lipinski definition) is 0. The zero-order valence-corrected chi connectivity index (χ0v) is 13.5. The first-order chi connectivity index (χ1) is 10.4. The third kappa shape index (κ3) is 2.85.